The third kappa shape index (κ3) is 4.99. The van der Waals surface area contributed by atoms with Gasteiger partial charge in [0.1, 0.15) is 11.8 Å². The van der Waals surface area contributed by atoms with Gasteiger partial charge in [0.25, 0.3) is 0 Å². The van der Waals surface area contributed by atoms with Crippen molar-refractivity contribution in [2.24, 2.45) is 5.92 Å². The molecule has 0 radical (unpaired) electrons. The van der Waals surface area contributed by atoms with Gasteiger partial charge >= 0.3 is 12.0 Å². The number of carboxylic acid groups (broad SMARTS) is 1. The van der Waals surface area contributed by atoms with Crippen LogP contribution in [0.3, 0.4) is 0 Å². The summed E-state index contributed by atoms with van der Waals surface area (Å²) in [4.78, 5) is 26.9. The number of benzene rings is 2. The Morgan fingerprint density at radius 2 is 1.73 bits per heavy atom. The molecule has 3 unspecified atom stereocenters. The van der Waals surface area contributed by atoms with E-state index in [1.807, 2.05) is 50.2 Å². The number of carbonyl (C=O) groups excluding carboxylic acids is 1. The Kier molecular flexibility index (Phi) is 7.68. The molecule has 178 valence electrons. The Morgan fingerprint density at radius 3 is 2.27 bits per heavy atom. The molecule has 0 saturated heterocycles. The number of rotatable bonds is 8. The van der Waals surface area contributed by atoms with Crippen molar-refractivity contribution in [3.63, 3.8) is 0 Å². The normalized spacial score (nSPS) is 16.9. The van der Waals surface area contributed by atoms with Crippen molar-refractivity contribution in [3.8, 4) is 17.2 Å². The molecule has 33 heavy (non-hydrogen) atoms. The van der Waals surface area contributed by atoms with Crippen molar-refractivity contribution in [1.82, 2.24) is 10.2 Å². The second-order valence-electron chi connectivity index (χ2n) is 8.18. The molecule has 1 heterocycles. The van der Waals surface area contributed by atoms with Crippen molar-refractivity contribution in [1.29, 1.82) is 0 Å². The van der Waals surface area contributed by atoms with Gasteiger partial charge in [-0.05, 0) is 53.3 Å². The van der Waals surface area contributed by atoms with Crippen LogP contribution >= 0.6 is 0 Å². The van der Waals surface area contributed by atoms with Gasteiger partial charge < -0.3 is 29.5 Å². The summed E-state index contributed by atoms with van der Waals surface area (Å²) in [6, 6.07) is 9.56. The van der Waals surface area contributed by atoms with Crippen LogP contribution in [0, 0.1) is 5.92 Å². The first kappa shape index (κ1) is 24.2. The molecule has 0 saturated carbocycles. The molecule has 3 atom stereocenters. The van der Waals surface area contributed by atoms with Crippen molar-refractivity contribution in [3.05, 3.63) is 53.1 Å². The molecular formula is C25H32N2O6. The van der Waals surface area contributed by atoms with Crippen LogP contribution in [0.25, 0.3) is 0 Å². The summed E-state index contributed by atoms with van der Waals surface area (Å²) in [5.74, 6) is 0.668. The van der Waals surface area contributed by atoms with E-state index in [9.17, 15) is 14.7 Å². The summed E-state index contributed by atoms with van der Waals surface area (Å²) >= 11 is 0. The number of ether oxygens (including phenoxy) is 3. The number of carbonyl (C=O) groups is 2. The summed E-state index contributed by atoms with van der Waals surface area (Å²) in [6.07, 6.45) is 1.25. The zero-order valence-corrected chi connectivity index (χ0v) is 19.8. The lowest BCUT2D eigenvalue weighted by Gasteiger charge is -2.39. The second kappa shape index (κ2) is 10.5. The molecule has 0 aromatic heterocycles. The van der Waals surface area contributed by atoms with Gasteiger partial charge in [0.2, 0.25) is 0 Å². The summed E-state index contributed by atoms with van der Waals surface area (Å²) in [5.41, 5.74) is 2.85. The predicted octanol–water partition coefficient (Wildman–Crippen LogP) is 3.87. The zero-order valence-electron chi connectivity index (χ0n) is 19.8. The Hall–Kier alpha value is -3.42. The molecule has 2 aromatic rings. The number of fused-ring (bicyclic) bond motifs is 1. The van der Waals surface area contributed by atoms with Gasteiger partial charge in [0.05, 0.1) is 27.4 Å². The molecule has 1 aliphatic heterocycles. The molecule has 2 aromatic carbocycles. The maximum Gasteiger partial charge on any atom is 0.326 e. The van der Waals surface area contributed by atoms with Crippen molar-refractivity contribution in [2.45, 2.75) is 38.8 Å². The number of urea groups is 1. The third-order valence-electron chi connectivity index (χ3n) is 6.32. The number of nitrogens with zero attached hydrogens (tertiary/aromatic N) is 1. The molecule has 0 spiro atoms. The lowest BCUT2D eigenvalue weighted by Crippen LogP contribution is -2.53. The average molecular weight is 457 g/mol. The molecule has 8 heteroatoms. The number of methoxy groups -OCH3 is 3. The number of nitrogens with one attached hydrogen (secondary N) is 1. The largest absolute Gasteiger partial charge is 0.497 e. The van der Waals surface area contributed by atoms with Gasteiger partial charge in [-0.1, -0.05) is 32.4 Å². The van der Waals surface area contributed by atoms with E-state index < -0.39 is 24.1 Å². The molecular weight excluding hydrogens is 424 g/mol. The Morgan fingerprint density at radius 1 is 1.09 bits per heavy atom. The number of aliphatic carboxylic acids is 1. The van der Waals surface area contributed by atoms with Gasteiger partial charge in [0.15, 0.2) is 11.5 Å². The van der Waals surface area contributed by atoms with E-state index in [2.05, 4.69) is 5.32 Å². The third-order valence-corrected chi connectivity index (χ3v) is 6.32. The quantitative estimate of drug-likeness (QED) is 0.626. The standard InChI is InChI=1S/C25H32N2O6/c1-6-15(2)22(24(28)29)26-25(30)27-12-11-17-13-20(32-4)21(33-5)14-19(17)23(27)16-7-9-18(31-3)10-8-16/h7-10,13-15,22-23H,6,11-12H2,1-5H3,(H,26,30)(H,28,29). The SMILES string of the molecule is CCC(C)C(NC(=O)N1CCc2cc(OC)c(OC)cc2C1c1ccc(OC)cc1)C(=O)O. The second-order valence-corrected chi connectivity index (χ2v) is 8.18. The van der Waals surface area contributed by atoms with E-state index in [1.54, 1.807) is 26.2 Å². The average Bonchev–Trinajstić information content (AvgIpc) is 2.84. The summed E-state index contributed by atoms with van der Waals surface area (Å²) in [7, 11) is 4.76. The van der Waals surface area contributed by atoms with Crippen LogP contribution in [-0.2, 0) is 11.2 Å². The van der Waals surface area contributed by atoms with Crippen LogP contribution < -0.4 is 19.5 Å². The fraction of sp³-hybridized carbons (Fsp3) is 0.440. The highest BCUT2D eigenvalue weighted by molar-refractivity contribution is 5.83. The van der Waals surface area contributed by atoms with E-state index in [4.69, 9.17) is 14.2 Å². The van der Waals surface area contributed by atoms with Gasteiger partial charge in [-0.3, -0.25) is 0 Å². The number of hydrogen-bond acceptors (Lipinski definition) is 5. The summed E-state index contributed by atoms with van der Waals surface area (Å²) in [6.45, 7) is 4.16. The van der Waals surface area contributed by atoms with Gasteiger partial charge in [-0.2, -0.15) is 0 Å². The van der Waals surface area contributed by atoms with Crippen molar-refractivity contribution in [2.75, 3.05) is 27.9 Å². The molecule has 8 nitrogen and oxygen atoms in total. The lowest BCUT2D eigenvalue weighted by atomic mass is 9.87. The van der Waals surface area contributed by atoms with E-state index in [0.717, 1.165) is 16.7 Å². The van der Waals surface area contributed by atoms with Gasteiger partial charge in [0, 0.05) is 6.54 Å². The summed E-state index contributed by atoms with van der Waals surface area (Å²) in [5, 5.41) is 12.4. The number of hydrogen-bond donors (Lipinski definition) is 2. The molecule has 0 aliphatic carbocycles. The zero-order chi connectivity index (χ0) is 24.1. The molecule has 3 rings (SSSR count). The molecule has 0 fully saturated rings. The van der Waals surface area contributed by atoms with E-state index in [1.165, 1.54) is 0 Å². The molecule has 2 N–H and O–H groups in total. The Balaban J connectivity index is 2.06. The predicted molar refractivity (Wildman–Crippen MR) is 124 cm³/mol. The lowest BCUT2D eigenvalue weighted by molar-refractivity contribution is -0.140. The van der Waals surface area contributed by atoms with Crippen molar-refractivity contribution >= 4 is 12.0 Å². The minimum Gasteiger partial charge on any atom is -0.497 e. The van der Waals surface area contributed by atoms with Gasteiger partial charge in [-0.25, -0.2) is 9.59 Å². The van der Waals surface area contributed by atoms with E-state index in [0.29, 0.717) is 36.6 Å². The van der Waals surface area contributed by atoms with Crippen LogP contribution in [0.15, 0.2) is 36.4 Å². The van der Waals surface area contributed by atoms with Crippen LogP contribution in [-0.4, -0.2) is 55.9 Å². The van der Waals surface area contributed by atoms with Gasteiger partial charge in [-0.15, -0.1) is 0 Å². The van der Waals surface area contributed by atoms with E-state index in [-0.39, 0.29) is 5.92 Å². The van der Waals surface area contributed by atoms with Crippen molar-refractivity contribution < 1.29 is 28.9 Å². The first-order valence-electron chi connectivity index (χ1n) is 11.0. The number of amides is 2. The van der Waals surface area contributed by atoms with Crippen LogP contribution in [0.1, 0.15) is 43.0 Å². The fourth-order valence-corrected chi connectivity index (χ4v) is 4.21. The highest BCUT2D eigenvalue weighted by Gasteiger charge is 2.36. The first-order chi connectivity index (χ1) is 15.8. The highest BCUT2D eigenvalue weighted by Crippen LogP contribution is 2.41. The monoisotopic (exact) mass is 456 g/mol. The Bertz CT molecular complexity index is 991. The first-order valence-corrected chi connectivity index (χ1v) is 11.0. The van der Waals surface area contributed by atoms with Crippen LogP contribution in [0.5, 0.6) is 17.2 Å². The minimum absolute atomic E-state index is 0.202. The topological polar surface area (TPSA) is 97.3 Å². The maximum absolute atomic E-state index is 13.4. The molecule has 2 amide bonds. The number of carboxylic acids is 1. The smallest absolute Gasteiger partial charge is 0.326 e. The maximum atomic E-state index is 13.4. The van der Waals surface area contributed by atoms with Crippen LogP contribution in [0.2, 0.25) is 0 Å². The summed E-state index contributed by atoms with van der Waals surface area (Å²) < 4.78 is 16.3. The molecule has 1 aliphatic rings. The molecule has 0 bridgehead atoms. The van der Waals surface area contributed by atoms with E-state index >= 15 is 0 Å². The highest BCUT2D eigenvalue weighted by atomic mass is 16.5. The van der Waals surface area contributed by atoms with Crippen LogP contribution in [0.4, 0.5) is 4.79 Å². The Labute approximate surface area is 194 Å². The minimum atomic E-state index is -1.04. The fourth-order valence-electron chi connectivity index (χ4n) is 4.21.